The molecule has 1 N–H and O–H groups in total. The first kappa shape index (κ1) is 13.0. The van der Waals surface area contributed by atoms with Crippen molar-refractivity contribution in [2.75, 3.05) is 0 Å². The van der Waals surface area contributed by atoms with Crippen LogP contribution in [0.25, 0.3) is 0 Å². The molecule has 0 unspecified atom stereocenters. The number of nitrogens with one attached hydrogen (secondary N) is 1. The molecule has 0 spiro atoms. The van der Waals surface area contributed by atoms with Crippen molar-refractivity contribution in [1.82, 2.24) is 10.3 Å². The Bertz CT molecular complexity index is 414. The number of aromatic nitrogens is 1. The van der Waals surface area contributed by atoms with Crippen LogP contribution in [-0.2, 0) is 6.54 Å². The van der Waals surface area contributed by atoms with Gasteiger partial charge in [0.15, 0.2) is 0 Å². The Labute approximate surface area is 109 Å². The van der Waals surface area contributed by atoms with Crippen LogP contribution in [0.1, 0.15) is 50.3 Å². The summed E-state index contributed by atoms with van der Waals surface area (Å²) >= 11 is 0. The second kappa shape index (κ2) is 6.51. The van der Waals surface area contributed by atoms with E-state index in [1.807, 2.05) is 12.1 Å². The van der Waals surface area contributed by atoms with Gasteiger partial charge in [-0.1, -0.05) is 19.4 Å². The summed E-state index contributed by atoms with van der Waals surface area (Å²) in [6.45, 7) is 3.05. The van der Waals surface area contributed by atoms with Gasteiger partial charge in [0.05, 0.1) is 0 Å². The third-order valence-corrected chi connectivity index (χ3v) is 4.00. The van der Waals surface area contributed by atoms with E-state index < -0.39 is 0 Å². The monoisotopic (exact) mass is 243 g/mol. The predicted octanol–water partition coefficient (Wildman–Crippen LogP) is 3.01. The van der Waals surface area contributed by atoms with Crippen LogP contribution in [0.5, 0.6) is 0 Å². The van der Waals surface area contributed by atoms with Crippen LogP contribution < -0.4 is 5.32 Å². The molecule has 0 amide bonds. The Morgan fingerprint density at radius 1 is 1.39 bits per heavy atom. The molecule has 1 aliphatic carbocycles. The van der Waals surface area contributed by atoms with Crippen molar-refractivity contribution < 1.29 is 0 Å². The van der Waals surface area contributed by atoms with Crippen molar-refractivity contribution in [3.8, 4) is 6.07 Å². The Balaban J connectivity index is 1.84. The summed E-state index contributed by atoms with van der Waals surface area (Å²) in [6, 6.07) is 6.64. The van der Waals surface area contributed by atoms with E-state index in [4.69, 9.17) is 5.26 Å². The summed E-state index contributed by atoms with van der Waals surface area (Å²) in [5.41, 5.74) is 1.56. The lowest BCUT2D eigenvalue weighted by Gasteiger charge is -2.28. The highest BCUT2D eigenvalue weighted by atomic mass is 14.9. The molecule has 1 saturated carbocycles. The van der Waals surface area contributed by atoms with E-state index in [0.29, 0.717) is 11.7 Å². The molecule has 3 heteroatoms. The fourth-order valence-corrected chi connectivity index (χ4v) is 2.71. The molecule has 1 aromatic heterocycles. The molecule has 3 nitrogen and oxygen atoms in total. The summed E-state index contributed by atoms with van der Waals surface area (Å²) in [5, 5.41) is 12.5. The maximum atomic E-state index is 8.98. The lowest BCUT2D eigenvalue weighted by atomic mass is 9.84. The molecule has 0 saturated heterocycles. The average Bonchev–Trinajstić information content (AvgIpc) is 2.46. The van der Waals surface area contributed by atoms with E-state index in [1.54, 1.807) is 6.20 Å². The third-order valence-electron chi connectivity index (χ3n) is 4.00. The molecule has 1 aliphatic rings. The van der Waals surface area contributed by atoms with Gasteiger partial charge in [0.2, 0.25) is 0 Å². The van der Waals surface area contributed by atoms with E-state index >= 15 is 0 Å². The van der Waals surface area contributed by atoms with Gasteiger partial charge in [-0.05, 0) is 37.7 Å². The van der Waals surface area contributed by atoms with Crippen LogP contribution in [0.15, 0.2) is 18.3 Å². The molecule has 18 heavy (non-hydrogen) atoms. The van der Waals surface area contributed by atoms with Gasteiger partial charge in [0.1, 0.15) is 11.8 Å². The fraction of sp³-hybridized carbons (Fsp3) is 0.600. The van der Waals surface area contributed by atoms with Crippen molar-refractivity contribution in [2.45, 2.75) is 51.6 Å². The lowest BCUT2D eigenvalue weighted by Crippen LogP contribution is -2.32. The Kier molecular flexibility index (Phi) is 4.72. The largest absolute Gasteiger partial charge is 0.310 e. The van der Waals surface area contributed by atoms with E-state index in [9.17, 15) is 0 Å². The number of hydrogen-bond acceptors (Lipinski definition) is 3. The zero-order valence-corrected chi connectivity index (χ0v) is 11.0. The zero-order chi connectivity index (χ0) is 12.8. The van der Waals surface area contributed by atoms with Crippen LogP contribution in [0.2, 0.25) is 0 Å². The normalized spacial score (nSPS) is 23.6. The zero-order valence-electron chi connectivity index (χ0n) is 11.0. The minimum atomic E-state index is 0.548. The maximum absolute atomic E-state index is 8.98. The van der Waals surface area contributed by atoms with Crippen LogP contribution >= 0.6 is 0 Å². The van der Waals surface area contributed by atoms with E-state index in [-0.39, 0.29) is 0 Å². The first-order chi connectivity index (χ1) is 8.83. The molecular formula is C15H21N3. The van der Waals surface area contributed by atoms with Crippen LogP contribution in [-0.4, -0.2) is 11.0 Å². The maximum Gasteiger partial charge on any atom is 0.144 e. The standard InChI is InChI=1S/C15H21N3/c1-2-12-5-7-14(8-6-12)18-11-13-4-3-9-17-15(13)10-16/h3-4,9,12,14,18H,2,5-8,11H2,1H3. The molecular weight excluding hydrogens is 222 g/mol. The minimum absolute atomic E-state index is 0.548. The molecule has 0 aliphatic heterocycles. The van der Waals surface area contributed by atoms with Crippen molar-refractivity contribution in [1.29, 1.82) is 5.26 Å². The molecule has 1 heterocycles. The van der Waals surface area contributed by atoms with Crippen LogP contribution in [0.3, 0.4) is 0 Å². The molecule has 96 valence electrons. The molecule has 0 radical (unpaired) electrons. The number of rotatable bonds is 4. The van der Waals surface area contributed by atoms with Crippen molar-refractivity contribution in [3.63, 3.8) is 0 Å². The van der Waals surface area contributed by atoms with Gasteiger partial charge in [-0.3, -0.25) is 0 Å². The molecule has 1 aromatic rings. The molecule has 2 rings (SSSR count). The lowest BCUT2D eigenvalue weighted by molar-refractivity contribution is 0.285. The Morgan fingerprint density at radius 3 is 2.83 bits per heavy atom. The van der Waals surface area contributed by atoms with Crippen LogP contribution in [0.4, 0.5) is 0 Å². The quantitative estimate of drug-likeness (QED) is 0.884. The SMILES string of the molecule is CCC1CCC(NCc2cccnc2C#N)CC1. The van der Waals surface area contributed by atoms with Crippen LogP contribution in [0, 0.1) is 17.2 Å². The first-order valence-electron chi connectivity index (χ1n) is 6.90. The van der Waals surface area contributed by atoms with Gasteiger partial charge in [-0.2, -0.15) is 5.26 Å². The Morgan fingerprint density at radius 2 is 2.17 bits per heavy atom. The highest BCUT2D eigenvalue weighted by Gasteiger charge is 2.19. The van der Waals surface area contributed by atoms with Crippen molar-refractivity contribution in [2.24, 2.45) is 5.92 Å². The number of nitriles is 1. The summed E-state index contributed by atoms with van der Waals surface area (Å²) in [6.07, 6.45) is 8.20. The second-order valence-electron chi connectivity index (χ2n) is 5.13. The van der Waals surface area contributed by atoms with E-state index in [1.165, 1.54) is 32.1 Å². The van der Waals surface area contributed by atoms with E-state index in [2.05, 4.69) is 23.3 Å². The smallest absolute Gasteiger partial charge is 0.144 e. The molecule has 0 atom stereocenters. The molecule has 0 aromatic carbocycles. The minimum Gasteiger partial charge on any atom is -0.310 e. The molecule has 1 fully saturated rings. The summed E-state index contributed by atoms with van der Waals surface area (Å²) in [4.78, 5) is 4.09. The summed E-state index contributed by atoms with van der Waals surface area (Å²) < 4.78 is 0. The van der Waals surface area contributed by atoms with Gasteiger partial charge in [0.25, 0.3) is 0 Å². The number of hydrogen-bond donors (Lipinski definition) is 1. The summed E-state index contributed by atoms with van der Waals surface area (Å²) in [7, 11) is 0. The second-order valence-corrected chi connectivity index (χ2v) is 5.13. The predicted molar refractivity (Wildman–Crippen MR) is 71.8 cm³/mol. The highest BCUT2D eigenvalue weighted by molar-refractivity contribution is 5.30. The third kappa shape index (κ3) is 3.30. The van der Waals surface area contributed by atoms with Gasteiger partial charge >= 0.3 is 0 Å². The van der Waals surface area contributed by atoms with Gasteiger partial charge in [0, 0.05) is 24.3 Å². The number of pyridine rings is 1. The van der Waals surface area contributed by atoms with Gasteiger partial charge in [-0.15, -0.1) is 0 Å². The fourth-order valence-electron chi connectivity index (χ4n) is 2.71. The van der Waals surface area contributed by atoms with Gasteiger partial charge < -0.3 is 5.32 Å². The highest BCUT2D eigenvalue weighted by Crippen LogP contribution is 2.26. The topological polar surface area (TPSA) is 48.7 Å². The summed E-state index contributed by atoms with van der Waals surface area (Å²) in [5.74, 6) is 0.927. The van der Waals surface area contributed by atoms with Crippen molar-refractivity contribution >= 4 is 0 Å². The van der Waals surface area contributed by atoms with E-state index in [0.717, 1.165) is 18.0 Å². The molecule has 0 bridgehead atoms. The average molecular weight is 243 g/mol. The Hall–Kier alpha value is -1.40. The van der Waals surface area contributed by atoms with Gasteiger partial charge in [-0.25, -0.2) is 4.98 Å². The first-order valence-corrected chi connectivity index (χ1v) is 6.90. The number of nitrogens with zero attached hydrogens (tertiary/aromatic N) is 2. The van der Waals surface area contributed by atoms with Crippen molar-refractivity contribution in [3.05, 3.63) is 29.6 Å².